The molecule has 3 rings (SSSR count). The van der Waals surface area contributed by atoms with Gasteiger partial charge in [0.25, 0.3) is 0 Å². The Kier molecular flexibility index (Phi) is 3.91. The van der Waals surface area contributed by atoms with Crippen molar-refractivity contribution in [3.63, 3.8) is 0 Å². The van der Waals surface area contributed by atoms with Gasteiger partial charge in [-0.25, -0.2) is 0 Å². The number of aryl methyl sites for hydroxylation is 2. The van der Waals surface area contributed by atoms with E-state index in [0.29, 0.717) is 10.0 Å². The maximum Gasteiger partial charge on any atom is 0.0652 e. The third-order valence-corrected chi connectivity index (χ3v) is 4.47. The van der Waals surface area contributed by atoms with Crippen molar-refractivity contribution in [1.82, 2.24) is 0 Å². The van der Waals surface area contributed by atoms with Gasteiger partial charge in [0.1, 0.15) is 0 Å². The van der Waals surface area contributed by atoms with E-state index < -0.39 is 0 Å². The number of fused-ring (bicyclic) bond motifs is 1. The van der Waals surface area contributed by atoms with Crippen molar-refractivity contribution in [1.29, 1.82) is 0 Å². The molecule has 1 aliphatic carbocycles. The summed E-state index contributed by atoms with van der Waals surface area (Å²) >= 11 is 12.1. The Morgan fingerprint density at radius 3 is 2.60 bits per heavy atom. The topological polar surface area (TPSA) is 12.0 Å². The molecular weight excluding hydrogens is 289 g/mol. The number of hydrogen-bond acceptors (Lipinski definition) is 1. The summed E-state index contributed by atoms with van der Waals surface area (Å²) < 4.78 is 0. The standard InChI is InChI=1S/C17H17Cl2N/c1-11(20-17-8-7-15(18)10-16(17)19)13-6-5-12-3-2-4-14(12)9-13/h5-11,20H,2-4H2,1H3. The minimum Gasteiger partial charge on any atom is -0.377 e. The molecule has 0 saturated heterocycles. The fourth-order valence-electron chi connectivity index (χ4n) is 2.78. The van der Waals surface area contributed by atoms with Gasteiger partial charge in [-0.2, -0.15) is 0 Å². The van der Waals surface area contributed by atoms with Crippen LogP contribution in [0.2, 0.25) is 10.0 Å². The van der Waals surface area contributed by atoms with Crippen molar-refractivity contribution >= 4 is 28.9 Å². The fraction of sp³-hybridized carbons (Fsp3) is 0.294. The van der Waals surface area contributed by atoms with Crippen LogP contribution in [-0.4, -0.2) is 0 Å². The maximum atomic E-state index is 6.21. The molecule has 1 atom stereocenters. The molecule has 2 aromatic rings. The van der Waals surface area contributed by atoms with Crippen LogP contribution in [0.5, 0.6) is 0 Å². The summed E-state index contributed by atoms with van der Waals surface area (Å²) in [6.45, 7) is 2.15. The quantitative estimate of drug-likeness (QED) is 0.772. The predicted octanol–water partition coefficient (Wildman–Crippen LogP) is 5.66. The fourth-order valence-corrected chi connectivity index (χ4v) is 3.25. The van der Waals surface area contributed by atoms with E-state index in [1.165, 1.54) is 36.0 Å². The molecular formula is C17H17Cl2N. The van der Waals surface area contributed by atoms with Crippen molar-refractivity contribution in [2.45, 2.75) is 32.2 Å². The Labute approximate surface area is 129 Å². The van der Waals surface area contributed by atoms with Crippen LogP contribution in [-0.2, 0) is 12.8 Å². The summed E-state index contributed by atoms with van der Waals surface area (Å²) in [6.07, 6.45) is 3.71. The molecule has 3 heteroatoms. The highest BCUT2D eigenvalue weighted by Crippen LogP contribution is 2.30. The molecule has 0 aliphatic heterocycles. The van der Waals surface area contributed by atoms with Gasteiger partial charge in [-0.15, -0.1) is 0 Å². The molecule has 1 aliphatic rings. The lowest BCUT2D eigenvalue weighted by atomic mass is 10.0. The van der Waals surface area contributed by atoms with Crippen LogP contribution in [0.1, 0.15) is 36.1 Å². The molecule has 104 valence electrons. The molecule has 0 fully saturated rings. The third kappa shape index (κ3) is 2.79. The van der Waals surface area contributed by atoms with E-state index >= 15 is 0 Å². The summed E-state index contributed by atoms with van der Waals surface area (Å²) in [6, 6.07) is 12.6. The Balaban J connectivity index is 1.80. The second-order valence-electron chi connectivity index (χ2n) is 5.37. The predicted molar refractivity (Wildman–Crippen MR) is 87.0 cm³/mol. The van der Waals surface area contributed by atoms with Crippen LogP contribution in [0, 0.1) is 0 Å². The van der Waals surface area contributed by atoms with Crippen LogP contribution in [0.15, 0.2) is 36.4 Å². The SMILES string of the molecule is CC(Nc1ccc(Cl)cc1Cl)c1ccc2c(c1)CCC2. The molecule has 1 N–H and O–H groups in total. The van der Waals surface area contributed by atoms with Gasteiger partial charge in [-0.1, -0.05) is 41.4 Å². The van der Waals surface area contributed by atoms with Crippen molar-refractivity contribution in [3.05, 3.63) is 63.1 Å². The van der Waals surface area contributed by atoms with E-state index in [2.05, 4.69) is 30.4 Å². The van der Waals surface area contributed by atoms with E-state index in [-0.39, 0.29) is 6.04 Å². The van der Waals surface area contributed by atoms with Crippen molar-refractivity contribution in [2.24, 2.45) is 0 Å². The zero-order valence-corrected chi connectivity index (χ0v) is 12.9. The van der Waals surface area contributed by atoms with Crippen molar-refractivity contribution in [3.8, 4) is 0 Å². The number of rotatable bonds is 3. The maximum absolute atomic E-state index is 6.21. The highest BCUT2D eigenvalue weighted by Gasteiger charge is 2.14. The molecule has 0 bridgehead atoms. The highest BCUT2D eigenvalue weighted by atomic mass is 35.5. The Morgan fingerprint density at radius 2 is 1.80 bits per heavy atom. The smallest absolute Gasteiger partial charge is 0.0652 e. The molecule has 2 aromatic carbocycles. The molecule has 0 heterocycles. The summed E-state index contributed by atoms with van der Waals surface area (Å²) in [4.78, 5) is 0. The highest BCUT2D eigenvalue weighted by molar-refractivity contribution is 6.36. The summed E-state index contributed by atoms with van der Waals surface area (Å²) in [5, 5.41) is 4.77. The van der Waals surface area contributed by atoms with Crippen LogP contribution in [0.25, 0.3) is 0 Å². The van der Waals surface area contributed by atoms with E-state index in [0.717, 1.165) is 5.69 Å². The molecule has 20 heavy (non-hydrogen) atoms. The molecule has 0 saturated carbocycles. The first kappa shape index (κ1) is 13.8. The van der Waals surface area contributed by atoms with Gasteiger partial charge in [0, 0.05) is 11.1 Å². The number of benzene rings is 2. The monoisotopic (exact) mass is 305 g/mol. The molecule has 0 radical (unpaired) electrons. The van der Waals surface area contributed by atoms with E-state index in [1.54, 1.807) is 6.07 Å². The number of anilines is 1. The second-order valence-corrected chi connectivity index (χ2v) is 6.22. The third-order valence-electron chi connectivity index (χ3n) is 3.93. The van der Waals surface area contributed by atoms with Gasteiger partial charge in [0.05, 0.1) is 10.7 Å². The lowest BCUT2D eigenvalue weighted by molar-refractivity contribution is 0.879. The summed E-state index contributed by atoms with van der Waals surface area (Å²) in [5.74, 6) is 0. The normalized spacial score (nSPS) is 14.9. The first-order valence-corrected chi connectivity index (χ1v) is 7.72. The largest absolute Gasteiger partial charge is 0.377 e. The Hall–Kier alpha value is -1.18. The Bertz CT molecular complexity index is 637. The molecule has 0 aromatic heterocycles. The van der Waals surface area contributed by atoms with Gasteiger partial charge >= 0.3 is 0 Å². The van der Waals surface area contributed by atoms with Gasteiger partial charge < -0.3 is 5.32 Å². The zero-order valence-electron chi connectivity index (χ0n) is 11.4. The first-order valence-electron chi connectivity index (χ1n) is 6.97. The van der Waals surface area contributed by atoms with Crippen LogP contribution >= 0.6 is 23.2 Å². The van der Waals surface area contributed by atoms with Gasteiger partial charge in [-0.05, 0) is 61.1 Å². The van der Waals surface area contributed by atoms with Gasteiger partial charge in [0.15, 0.2) is 0 Å². The minimum absolute atomic E-state index is 0.222. The van der Waals surface area contributed by atoms with Crippen molar-refractivity contribution in [2.75, 3.05) is 5.32 Å². The van der Waals surface area contributed by atoms with E-state index in [4.69, 9.17) is 23.2 Å². The molecule has 1 nitrogen and oxygen atoms in total. The summed E-state index contributed by atoms with van der Waals surface area (Å²) in [7, 11) is 0. The van der Waals surface area contributed by atoms with Crippen LogP contribution in [0.4, 0.5) is 5.69 Å². The minimum atomic E-state index is 0.222. The number of hydrogen-bond donors (Lipinski definition) is 1. The second kappa shape index (κ2) is 5.67. The van der Waals surface area contributed by atoms with Gasteiger partial charge in [-0.3, -0.25) is 0 Å². The Morgan fingerprint density at radius 1 is 1.00 bits per heavy atom. The van der Waals surface area contributed by atoms with Crippen molar-refractivity contribution < 1.29 is 0 Å². The molecule has 0 spiro atoms. The van der Waals surface area contributed by atoms with Crippen LogP contribution < -0.4 is 5.32 Å². The van der Waals surface area contributed by atoms with E-state index in [1.807, 2.05) is 12.1 Å². The lowest BCUT2D eigenvalue weighted by Gasteiger charge is -2.18. The number of nitrogens with one attached hydrogen (secondary N) is 1. The first-order chi connectivity index (χ1) is 9.63. The van der Waals surface area contributed by atoms with Crippen LogP contribution in [0.3, 0.4) is 0 Å². The average Bonchev–Trinajstić information content (AvgIpc) is 2.89. The lowest BCUT2D eigenvalue weighted by Crippen LogP contribution is -2.07. The molecule has 1 unspecified atom stereocenters. The molecule has 0 amide bonds. The van der Waals surface area contributed by atoms with E-state index in [9.17, 15) is 0 Å². The van der Waals surface area contributed by atoms with Gasteiger partial charge in [0.2, 0.25) is 0 Å². The number of halogens is 2. The average molecular weight is 306 g/mol. The summed E-state index contributed by atoms with van der Waals surface area (Å²) in [5.41, 5.74) is 5.23. The zero-order chi connectivity index (χ0) is 14.1.